The van der Waals surface area contributed by atoms with Crippen LogP contribution in [0.15, 0.2) is 77.7 Å². The van der Waals surface area contributed by atoms with E-state index in [1.165, 1.54) is 4.90 Å². The van der Waals surface area contributed by atoms with Gasteiger partial charge in [0.1, 0.15) is 12.6 Å². The first kappa shape index (κ1) is 30.2. The number of rotatable bonds is 12. The van der Waals surface area contributed by atoms with E-state index in [-0.39, 0.29) is 17.3 Å². The molecule has 208 valence electrons. The molecule has 1 atom stereocenters. The second kappa shape index (κ2) is 13.6. The van der Waals surface area contributed by atoms with Crippen molar-refractivity contribution in [3.05, 3.63) is 94.5 Å². The summed E-state index contributed by atoms with van der Waals surface area (Å²) in [6.07, 6.45) is 1.12. The van der Waals surface area contributed by atoms with Crippen molar-refractivity contribution in [3.63, 3.8) is 0 Å². The standard InChI is InChI=1S/C30H36ClN3O4S/c1-5-19-32-30(36)27(6-2)33(20-24-13-15-25(31)16-14-24)29(35)21-34(28-10-8-7-9-23(28)4)39(37,38)26-17-11-22(3)12-18-26/h7-18,27H,5-6,19-21H2,1-4H3,(H,32,36)/t27-/m0/s1. The largest absolute Gasteiger partial charge is 0.354 e. The maximum absolute atomic E-state index is 14.0. The van der Waals surface area contributed by atoms with Crippen molar-refractivity contribution in [2.75, 3.05) is 17.4 Å². The number of carbonyl (C=O) groups is 2. The van der Waals surface area contributed by atoms with Crippen LogP contribution >= 0.6 is 11.6 Å². The SMILES string of the molecule is CCCNC(=O)[C@H](CC)N(Cc1ccc(Cl)cc1)C(=O)CN(c1ccccc1C)S(=O)(=O)c1ccc(C)cc1. The van der Waals surface area contributed by atoms with E-state index >= 15 is 0 Å². The highest BCUT2D eigenvalue weighted by molar-refractivity contribution is 7.92. The van der Waals surface area contributed by atoms with Crippen LogP contribution in [-0.4, -0.2) is 44.3 Å². The summed E-state index contributed by atoms with van der Waals surface area (Å²) in [5, 5.41) is 3.44. The Hall–Kier alpha value is -3.36. The maximum atomic E-state index is 14.0. The first-order chi connectivity index (χ1) is 18.6. The first-order valence-corrected chi connectivity index (χ1v) is 14.9. The fraction of sp³-hybridized carbons (Fsp3) is 0.333. The van der Waals surface area contributed by atoms with E-state index in [1.807, 2.05) is 26.8 Å². The Morgan fingerprint density at radius 3 is 2.15 bits per heavy atom. The van der Waals surface area contributed by atoms with Crippen LogP contribution < -0.4 is 9.62 Å². The molecule has 39 heavy (non-hydrogen) atoms. The van der Waals surface area contributed by atoms with E-state index in [9.17, 15) is 18.0 Å². The third kappa shape index (κ3) is 7.61. The molecule has 0 saturated heterocycles. The molecule has 2 amide bonds. The van der Waals surface area contributed by atoms with Gasteiger partial charge >= 0.3 is 0 Å². The number of carbonyl (C=O) groups excluding carboxylic acids is 2. The Balaban J connectivity index is 2.05. The van der Waals surface area contributed by atoms with Gasteiger partial charge in [0.15, 0.2) is 0 Å². The molecule has 0 saturated carbocycles. The summed E-state index contributed by atoms with van der Waals surface area (Å²) in [6.45, 7) is 7.61. The van der Waals surface area contributed by atoms with E-state index in [2.05, 4.69) is 5.32 Å². The van der Waals surface area contributed by atoms with Crippen molar-refractivity contribution >= 4 is 39.1 Å². The fourth-order valence-electron chi connectivity index (χ4n) is 4.27. The Bertz CT molecular complexity index is 1380. The van der Waals surface area contributed by atoms with Gasteiger partial charge in [0.25, 0.3) is 10.0 Å². The van der Waals surface area contributed by atoms with Crippen LogP contribution in [0.3, 0.4) is 0 Å². The second-order valence-electron chi connectivity index (χ2n) is 9.47. The van der Waals surface area contributed by atoms with Gasteiger partial charge in [0, 0.05) is 18.1 Å². The summed E-state index contributed by atoms with van der Waals surface area (Å²) < 4.78 is 29.0. The van der Waals surface area contributed by atoms with Crippen molar-refractivity contribution in [3.8, 4) is 0 Å². The molecular weight excluding hydrogens is 534 g/mol. The van der Waals surface area contributed by atoms with Gasteiger partial charge in [0.05, 0.1) is 10.6 Å². The molecule has 0 heterocycles. The summed E-state index contributed by atoms with van der Waals surface area (Å²) in [6, 6.07) is 19.8. The minimum Gasteiger partial charge on any atom is -0.354 e. The molecular formula is C30H36ClN3O4S. The summed E-state index contributed by atoms with van der Waals surface area (Å²) in [5.74, 6) is -0.757. The third-order valence-electron chi connectivity index (χ3n) is 6.47. The first-order valence-electron chi connectivity index (χ1n) is 13.0. The van der Waals surface area contributed by atoms with Crippen molar-refractivity contribution < 1.29 is 18.0 Å². The number of sulfonamides is 1. The molecule has 3 aromatic carbocycles. The summed E-state index contributed by atoms with van der Waals surface area (Å²) in [5.41, 5.74) is 2.81. The zero-order valence-corrected chi connectivity index (χ0v) is 24.4. The maximum Gasteiger partial charge on any atom is 0.264 e. The Kier molecular flexibility index (Phi) is 10.5. The highest BCUT2D eigenvalue weighted by Gasteiger charge is 2.34. The third-order valence-corrected chi connectivity index (χ3v) is 8.50. The summed E-state index contributed by atoms with van der Waals surface area (Å²) in [4.78, 5) is 28.7. The fourth-order valence-corrected chi connectivity index (χ4v) is 5.87. The van der Waals surface area contributed by atoms with Crippen LogP contribution in [0.1, 0.15) is 43.4 Å². The van der Waals surface area contributed by atoms with E-state index in [0.717, 1.165) is 21.9 Å². The number of nitrogens with zero attached hydrogens (tertiary/aromatic N) is 2. The molecule has 3 aromatic rings. The van der Waals surface area contributed by atoms with Crippen molar-refractivity contribution in [2.45, 2.75) is 58.0 Å². The number of amides is 2. The van der Waals surface area contributed by atoms with Crippen LogP contribution in [0.4, 0.5) is 5.69 Å². The molecule has 9 heteroatoms. The van der Waals surface area contributed by atoms with E-state index < -0.39 is 28.5 Å². The number of para-hydroxylation sites is 1. The number of anilines is 1. The molecule has 3 rings (SSSR count). The number of hydrogen-bond acceptors (Lipinski definition) is 4. The lowest BCUT2D eigenvalue weighted by Gasteiger charge is -2.33. The predicted octanol–water partition coefficient (Wildman–Crippen LogP) is 5.49. The number of nitrogens with one attached hydrogen (secondary N) is 1. The summed E-state index contributed by atoms with van der Waals surface area (Å²) in [7, 11) is -4.10. The molecule has 0 radical (unpaired) electrons. The Labute approximate surface area is 236 Å². The molecule has 0 fully saturated rings. The lowest BCUT2D eigenvalue weighted by atomic mass is 10.1. The molecule has 0 aliphatic heterocycles. The minimum atomic E-state index is -4.10. The average Bonchev–Trinajstić information content (AvgIpc) is 2.92. The van der Waals surface area contributed by atoms with Gasteiger partial charge in [-0.3, -0.25) is 13.9 Å². The van der Waals surface area contributed by atoms with E-state index in [4.69, 9.17) is 11.6 Å². The molecule has 0 bridgehead atoms. The van der Waals surface area contributed by atoms with Crippen molar-refractivity contribution in [1.82, 2.24) is 10.2 Å². The normalized spacial score (nSPS) is 12.0. The summed E-state index contributed by atoms with van der Waals surface area (Å²) >= 11 is 6.06. The molecule has 0 aromatic heterocycles. The lowest BCUT2D eigenvalue weighted by Crippen LogP contribution is -2.52. The molecule has 0 unspecified atom stereocenters. The quantitative estimate of drug-likeness (QED) is 0.313. The zero-order chi connectivity index (χ0) is 28.6. The number of aryl methyl sites for hydroxylation is 2. The van der Waals surface area contributed by atoms with Gasteiger partial charge in [-0.15, -0.1) is 0 Å². The highest BCUT2D eigenvalue weighted by Crippen LogP contribution is 2.28. The van der Waals surface area contributed by atoms with Gasteiger partial charge in [-0.25, -0.2) is 8.42 Å². The van der Waals surface area contributed by atoms with Crippen molar-refractivity contribution in [1.29, 1.82) is 0 Å². The monoisotopic (exact) mass is 569 g/mol. The second-order valence-corrected chi connectivity index (χ2v) is 11.8. The minimum absolute atomic E-state index is 0.0844. The number of halogens is 1. The topological polar surface area (TPSA) is 86.8 Å². The average molecular weight is 570 g/mol. The molecule has 1 N–H and O–H groups in total. The van der Waals surface area contributed by atoms with Gasteiger partial charge in [-0.05, 0) is 68.1 Å². The van der Waals surface area contributed by atoms with Gasteiger partial charge < -0.3 is 10.2 Å². The van der Waals surface area contributed by atoms with Crippen LogP contribution in [-0.2, 0) is 26.2 Å². The molecule has 0 aliphatic rings. The van der Waals surface area contributed by atoms with Crippen LogP contribution in [0, 0.1) is 13.8 Å². The van der Waals surface area contributed by atoms with Crippen LogP contribution in [0.5, 0.6) is 0 Å². The van der Waals surface area contributed by atoms with Crippen molar-refractivity contribution in [2.24, 2.45) is 0 Å². The molecule has 7 nitrogen and oxygen atoms in total. The number of hydrogen-bond donors (Lipinski definition) is 1. The van der Waals surface area contributed by atoms with Gasteiger partial charge in [0.2, 0.25) is 11.8 Å². The molecule has 0 aliphatic carbocycles. The van der Waals surface area contributed by atoms with Gasteiger partial charge in [-0.2, -0.15) is 0 Å². The molecule has 0 spiro atoms. The highest BCUT2D eigenvalue weighted by atomic mass is 35.5. The zero-order valence-electron chi connectivity index (χ0n) is 22.9. The van der Waals surface area contributed by atoms with Crippen LogP contribution in [0.25, 0.3) is 0 Å². The Morgan fingerprint density at radius 2 is 1.56 bits per heavy atom. The lowest BCUT2D eigenvalue weighted by molar-refractivity contribution is -0.140. The predicted molar refractivity (Wildman–Crippen MR) is 156 cm³/mol. The number of benzene rings is 3. The van der Waals surface area contributed by atoms with E-state index in [1.54, 1.807) is 73.7 Å². The smallest absolute Gasteiger partial charge is 0.264 e. The van der Waals surface area contributed by atoms with Gasteiger partial charge in [-0.1, -0.05) is 73.5 Å². The Morgan fingerprint density at radius 1 is 0.923 bits per heavy atom. The van der Waals surface area contributed by atoms with Crippen LogP contribution in [0.2, 0.25) is 5.02 Å². The van der Waals surface area contributed by atoms with E-state index in [0.29, 0.717) is 29.2 Å².